The van der Waals surface area contributed by atoms with E-state index in [1.165, 1.54) is 6.08 Å². The molecule has 0 radical (unpaired) electrons. The lowest BCUT2D eigenvalue weighted by molar-refractivity contribution is 0.352. The summed E-state index contributed by atoms with van der Waals surface area (Å²) >= 11 is 0. The second-order valence-corrected chi connectivity index (χ2v) is 3.75. The molecule has 4 N–H and O–H groups in total. The summed E-state index contributed by atoms with van der Waals surface area (Å²) in [6.07, 6.45) is 6.04. The molecule has 1 aromatic heterocycles. The van der Waals surface area contributed by atoms with Crippen molar-refractivity contribution in [3.63, 3.8) is 0 Å². The molecule has 1 heterocycles. The van der Waals surface area contributed by atoms with E-state index >= 15 is 0 Å². The first-order chi connectivity index (χ1) is 9.96. The topological polar surface area (TPSA) is 111 Å². The maximum Gasteiger partial charge on any atom is 0.234 e. The van der Waals surface area contributed by atoms with Crippen LogP contribution in [0.2, 0.25) is 0 Å². The van der Waals surface area contributed by atoms with Gasteiger partial charge in [0.25, 0.3) is 0 Å². The van der Waals surface area contributed by atoms with Crippen LogP contribution < -0.4 is 5.43 Å². The molecule has 0 atom stereocenters. The molecule has 0 saturated heterocycles. The van der Waals surface area contributed by atoms with Gasteiger partial charge in [0.15, 0.2) is 17.3 Å². The third-order valence-corrected chi connectivity index (χ3v) is 2.46. The van der Waals surface area contributed by atoms with Crippen molar-refractivity contribution in [2.75, 3.05) is 0 Å². The number of allylic oxidation sites excluding steroid dienone is 2. The molecule has 21 heavy (non-hydrogen) atoms. The van der Waals surface area contributed by atoms with E-state index in [0.717, 1.165) is 24.3 Å². The zero-order chi connectivity index (χ0) is 16.0. The predicted octanol–water partition coefficient (Wildman–Crippen LogP) is 3.04. The SMILES string of the molecule is C=C/C(O)=C(O)\C=C\c1oc(/C=C/O)c(C=C)c(=O)c1O. The smallest absolute Gasteiger partial charge is 0.234 e. The van der Waals surface area contributed by atoms with Crippen LogP contribution in [0.25, 0.3) is 18.2 Å². The molecule has 0 unspecified atom stereocenters. The van der Waals surface area contributed by atoms with E-state index in [2.05, 4.69) is 13.2 Å². The molecule has 0 saturated carbocycles. The fourth-order valence-electron chi connectivity index (χ4n) is 1.42. The van der Waals surface area contributed by atoms with Gasteiger partial charge in [-0.1, -0.05) is 19.2 Å². The Morgan fingerprint density at radius 3 is 2.29 bits per heavy atom. The highest BCUT2D eigenvalue weighted by molar-refractivity contribution is 5.64. The number of rotatable bonds is 5. The monoisotopic (exact) mass is 290 g/mol. The molecular formula is C15H14O6. The van der Waals surface area contributed by atoms with Crippen molar-refractivity contribution in [2.45, 2.75) is 0 Å². The van der Waals surface area contributed by atoms with Crippen LogP contribution in [-0.2, 0) is 0 Å². The molecule has 1 aromatic rings. The van der Waals surface area contributed by atoms with Gasteiger partial charge < -0.3 is 24.8 Å². The highest BCUT2D eigenvalue weighted by atomic mass is 16.4. The summed E-state index contributed by atoms with van der Waals surface area (Å²) in [5, 5.41) is 37.1. The Kier molecular flexibility index (Phi) is 5.19. The average Bonchev–Trinajstić information content (AvgIpc) is 2.48. The van der Waals surface area contributed by atoms with Gasteiger partial charge in [0, 0.05) is 6.08 Å². The van der Waals surface area contributed by atoms with E-state index in [4.69, 9.17) is 9.52 Å². The average molecular weight is 290 g/mol. The van der Waals surface area contributed by atoms with E-state index in [9.17, 15) is 20.1 Å². The maximum atomic E-state index is 11.9. The molecule has 6 nitrogen and oxygen atoms in total. The Morgan fingerprint density at radius 2 is 1.76 bits per heavy atom. The molecule has 110 valence electrons. The Bertz CT molecular complexity index is 704. The normalized spacial score (nSPS) is 12.6. The van der Waals surface area contributed by atoms with Crippen LogP contribution in [0.3, 0.4) is 0 Å². The first-order valence-corrected chi connectivity index (χ1v) is 5.72. The van der Waals surface area contributed by atoms with Gasteiger partial charge in [0.2, 0.25) is 11.2 Å². The molecule has 0 aromatic carbocycles. The molecule has 6 heteroatoms. The lowest BCUT2D eigenvalue weighted by Crippen LogP contribution is -2.07. The molecule has 0 spiro atoms. The zero-order valence-corrected chi connectivity index (χ0v) is 11.0. The molecule has 0 aliphatic carbocycles. The lowest BCUT2D eigenvalue weighted by Gasteiger charge is -2.04. The van der Waals surface area contributed by atoms with Crippen molar-refractivity contribution in [1.29, 1.82) is 0 Å². The van der Waals surface area contributed by atoms with E-state index in [0.29, 0.717) is 6.26 Å². The van der Waals surface area contributed by atoms with E-state index < -0.39 is 22.7 Å². The minimum atomic E-state index is -0.750. The van der Waals surface area contributed by atoms with Crippen LogP contribution in [0.1, 0.15) is 17.1 Å². The van der Waals surface area contributed by atoms with Gasteiger partial charge in [-0.25, -0.2) is 0 Å². The summed E-state index contributed by atoms with van der Waals surface area (Å²) in [7, 11) is 0. The third-order valence-electron chi connectivity index (χ3n) is 2.46. The largest absolute Gasteiger partial charge is 0.515 e. The third kappa shape index (κ3) is 3.44. The number of hydrogen-bond donors (Lipinski definition) is 4. The number of aromatic hydroxyl groups is 1. The van der Waals surface area contributed by atoms with E-state index in [1.54, 1.807) is 0 Å². The maximum absolute atomic E-state index is 11.9. The predicted molar refractivity (Wildman–Crippen MR) is 79.9 cm³/mol. The zero-order valence-electron chi connectivity index (χ0n) is 11.0. The number of aliphatic hydroxyl groups excluding tert-OH is 3. The van der Waals surface area contributed by atoms with Crippen molar-refractivity contribution in [3.8, 4) is 5.75 Å². The van der Waals surface area contributed by atoms with Crippen LogP contribution in [0.4, 0.5) is 0 Å². The summed E-state index contributed by atoms with van der Waals surface area (Å²) in [4.78, 5) is 11.9. The van der Waals surface area contributed by atoms with Gasteiger partial charge in [-0.15, -0.1) is 0 Å². The summed E-state index contributed by atoms with van der Waals surface area (Å²) in [5.74, 6) is -1.99. The molecule has 0 amide bonds. The fraction of sp³-hybridized carbons (Fsp3) is 0. The molecule has 0 aliphatic rings. The quantitative estimate of drug-likeness (QED) is 0.490. The van der Waals surface area contributed by atoms with Crippen LogP contribution in [0.15, 0.2) is 52.3 Å². The van der Waals surface area contributed by atoms with E-state index in [1.807, 2.05) is 0 Å². The second-order valence-electron chi connectivity index (χ2n) is 3.75. The highest BCUT2D eigenvalue weighted by Gasteiger charge is 2.14. The Labute approximate surface area is 120 Å². The molecule has 0 fully saturated rings. The molecular weight excluding hydrogens is 276 g/mol. The van der Waals surface area contributed by atoms with Crippen LogP contribution in [0.5, 0.6) is 5.75 Å². The fourth-order valence-corrected chi connectivity index (χ4v) is 1.42. The van der Waals surface area contributed by atoms with Gasteiger partial charge >= 0.3 is 0 Å². The standard InChI is InChI=1S/C15H14O6/c1-3-9-12(7-8-16)21-13(15(20)14(9)19)6-5-11(18)10(17)4-2/h3-8,16-18,20H,1-2H2/b6-5+,8-7+,11-10-. The van der Waals surface area contributed by atoms with Crippen molar-refractivity contribution in [2.24, 2.45) is 0 Å². The summed E-state index contributed by atoms with van der Waals surface area (Å²) < 4.78 is 5.22. The molecule has 1 rings (SSSR count). The molecule has 0 aliphatic heterocycles. The van der Waals surface area contributed by atoms with Crippen LogP contribution in [0, 0.1) is 0 Å². The Morgan fingerprint density at radius 1 is 1.10 bits per heavy atom. The van der Waals surface area contributed by atoms with Crippen LogP contribution >= 0.6 is 0 Å². The van der Waals surface area contributed by atoms with Crippen molar-refractivity contribution < 1.29 is 24.8 Å². The van der Waals surface area contributed by atoms with Gasteiger partial charge in [0.1, 0.15) is 5.76 Å². The van der Waals surface area contributed by atoms with Crippen molar-refractivity contribution in [3.05, 3.63) is 70.4 Å². The first-order valence-electron chi connectivity index (χ1n) is 5.72. The second kappa shape index (κ2) is 6.85. The van der Waals surface area contributed by atoms with Crippen molar-refractivity contribution >= 4 is 18.2 Å². The van der Waals surface area contributed by atoms with E-state index in [-0.39, 0.29) is 17.1 Å². The summed E-state index contributed by atoms with van der Waals surface area (Å²) in [5.41, 5.74) is -0.774. The van der Waals surface area contributed by atoms with Gasteiger partial charge in [-0.2, -0.15) is 0 Å². The Balaban J connectivity index is 3.46. The first kappa shape index (κ1) is 15.9. The molecule has 0 bridgehead atoms. The van der Waals surface area contributed by atoms with Gasteiger partial charge in [-0.3, -0.25) is 4.79 Å². The summed E-state index contributed by atoms with van der Waals surface area (Å²) in [6.45, 7) is 6.67. The lowest BCUT2D eigenvalue weighted by atomic mass is 10.1. The van der Waals surface area contributed by atoms with Gasteiger partial charge in [0.05, 0.1) is 11.8 Å². The number of hydrogen-bond acceptors (Lipinski definition) is 6. The highest BCUT2D eigenvalue weighted by Crippen LogP contribution is 2.21. The number of aliphatic hydroxyl groups is 3. The van der Waals surface area contributed by atoms with Crippen LogP contribution in [-0.4, -0.2) is 20.4 Å². The van der Waals surface area contributed by atoms with Gasteiger partial charge in [-0.05, 0) is 18.2 Å². The minimum absolute atomic E-state index is 0.0219. The summed E-state index contributed by atoms with van der Waals surface area (Å²) in [6, 6.07) is 0. The Hall–Kier alpha value is -3.15. The van der Waals surface area contributed by atoms with Crippen molar-refractivity contribution in [1.82, 2.24) is 0 Å². The minimum Gasteiger partial charge on any atom is -0.515 e.